The Bertz CT molecular complexity index is 1710. The first-order valence-corrected chi connectivity index (χ1v) is 14.1. The van der Waals surface area contributed by atoms with E-state index in [4.69, 9.17) is 26.1 Å². The van der Waals surface area contributed by atoms with Gasteiger partial charge in [-0.2, -0.15) is 13.2 Å². The number of imidazole rings is 1. The van der Waals surface area contributed by atoms with Crippen molar-refractivity contribution in [2.24, 2.45) is 0 Å². The number of carbonyl (C=O) groups is 1. The van der Waals surface area contributed by atoms with Gasteiger partial charge < -0.3 is 19.1 Å². The Labute approximate surface area is 248 Å². The van der Waals surface area contributed by atoms with Crippen LogP contribution in [0, 0.1) is 5.82 Å². The van der Waals surface area contributed by atoms with Gasteiger partial charge in [0.1, 0.15) is 23.8 Å². The molecule has 13 heteroatoms. The lowest BCUT2D eigenvalue weighted by Gasteiger charge is -2.35. The Morgan fingerprint density at radius 1 is 1.19 bits per heavy atom. The highest BCUT2D eigenvalue weighted by Crippen LogP contribution is 2.40. The summed E-state index contributed by atoms with van der Waals surface area (Å²) in [5.41, 5.74) is 1.39. The van der Waals surface area contributed by atoms with Gasteiger partial charge in [-0.25, -0.2) is 19.2 Å². The number of alkyl halides is 3. The van der Waals surface area contributed by atoms with E-state index in [0.717, 1.165) is 18.6 Å². The molecule has 6 rings (SSSR count). The Balaban J connectivity index is 1.31. The molecule has 0 bridgehead atoms. The number of carboxylic acids is 1. The predicted molar refractivity (Wildman–Crippen MR) is 149 cm³/mol. The summed E-state index contributed by atoms with van der Waals surface area (Å²) < 4.78 is 69.4. The molecule has 43 heavy (non-hydrogen) atoms. The first-order chi connectivity index (χ1) is 20.5. The van der Waals surface area contributed by atoms with E-state index in [2.05, 4.69) is 9.88 Å². The fourth-order valence-corrected chi connectivity index (χ4v) is 5.66. The molecule has 2 aliphatic rings. The Kier molecular flexibility index (Phi) is 7.78. The molecule has 2 atom stereocenters. The number of hydrogen-bond acceptors (Lipinski definition) is 6. The Hall–Kier alpha value is -3.74. The van der Waals surface area contributed by atoms with E-state index in [0.29, 0.717) is 60.8 Å². The number of hydrogen-bond donors (Lipinski definition) is 1. The van der Waals surface area contributed by atoms with Crippen molar-refractivity contribution in [2.75, 3.05) is 13.2 Å². The van der Waals surface area contributed by atoms with Crippen LogP contribution < -0.4 is 4.74 Å². The van der Waals surface area contributed by atoms with E-state index in [-0.39, 0.29) is 22.3 Å². The lowest BCUT2D eigenvalue weighted by Crippen LogP contribution is -2.36. The van der Waals surface area contributed by atoms with Gasteiger partial charge in [0.2, 0.25) is 5.88 Å². The molecule has 0 unspecified atom stereocenters. The van der Waals surface area contributed by atoms with E-state index >= 15 is 0 Å². The number of ether oxygens (including phenoxy) is 2. The van der Waals surface area contributed by atoms with Crippen molar-refractivity contribution >= 4 is 28.6 Å². The van der Waals surface area contributed by atoms with E-state index in [1.54, 1.807) is 12.1 Å². The Morgan fingerprint density at radius 2 is 1.98 bits per heavy atom. The fourth-order valence-electron chi connectivity index (χ4n) is 5.50. The van der Waals surface area contributed by atoms with Gasteiger partial charge in [0.15, 0.2) is 0 Å². The maximum absolute atomic E-state index is 14.3. The minimum Gasteiger partial charge on any atom is -0.478 e. The fraction of sp³-hybridized carbons (Fsp3) is 0.367. The third-order valence-electron chi connectivity index (χ3n) is 8.00. The normalized spacial score (nSPS) is 18.8. The second-order valence-electron chi connectivity index (χ2n) is 10.7. The first-order valence-electron chi connectivity index (χ1n) is 13.7. The van der Waals surface area contributed by atoms with Gasteiger partial charge >= 0.3 is 12.1 Å². The number of fused-ring (bicyclic) bond motifs is 2. The average Bonchev–Trinajstić information content (AvgIpc) is 3.27. The summed E-state index contributed by atoms with van der Waals surface area (Å²) in [6.07, 6.45) is -3.55. The van der Waals surface area contributed by atoms with Crippen LogP contribution in [0.15, 0.2) is 42.5 Å². The van der Waals surface area contributed by atoms with E-state index < -0.39 is 42.1 Å². The zero-order valence-electron chi connectivity index (χ0n) is 23.0. The highest BCUT2D eigenvalue weighted by Gasteiger charge is 2.38. The van der Waals surface area contributed by atoms with Crippen molar-refractivity contribution in [3.8, 4) is 5.88 Å². The average molecular weight is 619 g/mol. The molecule has 1 fully saturated rings. The quantitative estimate of drug-likeness (QED) is 0.228. The van der Waals surface area contributed by atoms with E-state index in [1.165, 1.54) is 18.2 Å². The van der Waals surface area contributed by atoms with Gasteiger partial charge in [0, 0.05) is 23.7 Å². The van der Waals surface area contributed by atoms with Crippen LogP contribution in [-0.2, 0) is 37.0 Å². The van der Waals surface area contributed by atoms with Crippen LogP contribution in [0.4, 0.5) is 17.6 Å². The number of carboxylic acid groups (broad SMARTS) is 1. The second-order valence-corrected chi connectivity index (χ2v) is 11.2. The third-order valence-corrected chi connectivity index (χ3v) is 8.23. The Morgan fingerprint density at radius 3 is 2.65 bits per heavy atom. The summed E-state index contributed by atoms with van der Waals surface area (Å²) >= 11 is 5.79. The van der Waals surface area contributed by atoms with Crippen LogP contribution >= 0.6 is 11.6 Å². The molecule has 1 saturated heterocycles. The molecule has 0 saturated carbocycles. The van der Waals surface area contributed by atoms with Crippen molar-refractivity contribution in [3.05, 3.63) is 87.1 Å². The summed E-state index contributed by atoms with van der Waals surface area (Å²) in [5.74, 6) is -1.67. The zero-order chi connectivity index (χ0) is 30.5. The van der Waals surface area contributed by atoms with E-state index in [9.17, 15) is 27.5 Å². The molecule has 2 aromatic heterocycles. The van der Waals surface area contributed by atoms with Gasteiger partial charge in [0.25, 0.3) is 0 Å². The number of rotatable bonds is 8. The maximum Gasteiger partial charge on any atom is 0.421 e. The molecule has 2 aromatic carbocycles. The number of aromatic nitrogens is 3. The molecule has 226 valence electrons. The summed E-state index contributed by atoms with van der Waals surface area (Å²) in [6.45, 7) is 3.35. The van der Waals surface area contributed by atoms with Crippen molar-refractivity contribution in [2.45, 2.75) is 57.8 Å². The monoisotopic (exact) mass is 618 g/mol. The smallest absolute Gasteiger partial charge is 0.421 e. The van der Waals surface area contributed by atoms with Gasteiger partial charge in [-0.05, 0) is 61.7 Å². The number of aromatic carboxylic acids is 1. The zero-order valence-corrected chi connectivity index (χ0v) is 23.8. The predicted octanol–water partition coefficient (Wildman–Crippen LogP) is 6.43. The molecule has 0 amide bonds. The lowest BCUT2D eigenvalue weighted by atomic mass is 9.97. The topological polar surface area (TPSA) is 89.7 Å². The van der Waals surface area contributed by atoms with E-state index in [1.807, 2.05) is 11.5 Å². The molecule has 0 radical (unpaired) electrons. The summed E-state index contributed by atoms with van der Waals surface area (Å²) in [6, 6.07) is 9.29. The molecule has 0 aliphatic carbocycles. The SMILES string of the molecule is C[C@H]1c2nc(OCc3ccc(Cl)cc3F)c(C(F)(F)F)cc2CCN1Cc1nc2ccc(C(=O)O)cc2n1C[C@@H]1CCO1. The molecule has 4 aromatic rings. The highest BCUT2D eigenvalue weighted by molar-refractivity contribution is 6.30. The lowest BCUT2D eigenvalue weighted by molar-refractivity contribution is -0.139. The van der Waals surface area contributed by atoms with Crippen molar-refractivity contribution < 1.29 is 36.9 Å². The second kappa shape index (κ2) is 11.4. The molecule has 8 nitrogen and oxygen atoms in total. The minimum absolute atomic E-state index is 0.0169. The number of benzene rings is 2. The van der Waals surface area contributed by atoms with Gasteiger partial charge in [0.05, 0.1) is 47.5 Å². The summed E-state index contributed by atoms with van der Waals surface area (Å²) in [4.78, 5) is 22.8. The van der Waals surface area contributed by atoms with Crippen molar-refractivity contribution in [1.29, 1.82) is 0 Å². The number of halogens is 5. The number of nitrogens with zero attached hydrogens (tertiary/aromatic N) is 4. The first kappa shape index (κ1) is 29.3. The van der Waals surface area contributed by atoms with Crippen molar-refractivity contribution in [1.82, 2.24) is 19.4 Å². The molecule has 2 aliphatic heterocycles. The highest BCUT2D eigenvalue weighted by atomic mass is 35.5. The third kappa shape index (κ3) is 5.91. The molecular weight excluding hydrogens is 592 g/mol. The van der Waals surface area contributed by atoms with Crippen LogP contribution in [0.1, 0.15) is 58.0 Å². The largest absolute Gasteiger partial charge is 0.478 e. The minimum atomic E-state index is -4.72. The van der Waals surface area contributed by atoms with Crippen LogP contribution in [-0.4, -0.2) is 49.8 Å². The van der Waals surface area contributed by atoms with Crippen LogP contribution in [0.2, 0.25) is 5.02 Å². The molecule has 4 heterocycles. The van der Waals surface area contributed by atoms with Crippen LogP contribution in [0.5, 0.6) is 5.88 Å². The van der Waals surface area contributed by atoms with Gasteiger partial charge in [-0.3, -0.25) is 4.90 Å². The standard InChI is InChI=1S/C30H27ClF4N4O4/c1-16-27-17(10-22(30(33,34)35)28(37-27)43-15-19-2-4-20(31)12-23(19)32)6-8-38(16)14-26-36-24-5-3-18(29(40)41)11-25(24)39(26)13-21-7-9-42-21/h2-5,10-12,16,21H,6-9,13-15H2,1H3,(H,40,41)/t16-,21-/m0/s1. The van der Waals surface area contributed by atoms with Crippen molar-refractivity contribution in [3.63, 3.8) is 0 Å². The summed E-state index contributed by atoms with van der Waals surface area (Å²) in [7, 11) is 0. The molecular formula is C30H27ClF4N4O4. The van der Waals surface area contributed by atoms with Gasteiger partial charge in [-0.1, -0.05) is 17.7 Å². The summed E-state index contributed by atoms with van der Waals surface area (Å²) in [5, 5.41) is 9.68. The van der Waals surface area contributed by atoms with Crippen LogP contribution in [0.25, 0.3) is 11.0 Å². The maximum atomic E-state index is 14.3. The number of pyridine rings is 1. The van der Waals surface area contributed by atoms with Gasteiger partial charge in [-0.15, -0.1) is 0 Å². The van der Waals surface area contributed by atoms with Crippen LogP contribution in [0.3, 0.4) is 0 Å². The molecule has 0 spiro atoms. The molecule has 1 N–H and O–H groups in total.